The number of piperidine rings is 1. The zero-order chi connectivity index (χ0) is 13.8. The van der Waals surface area contributed by atoms with Gasteiger partial charge in [-0.25, -0.2) is 4.98 Å². The Labute approximate surface area is 120 Å². The minimum atomic E-state index is -0.113. The van der Waals surface area contributed by atoms with Gasteiger partial charge in [-0.1, -0.05) is 0 Å². The topological polar surface area (TPSA) is 62.3 Å². The van der Waals surface area contributed by atoms with E-state index in [-0.39, 0.29) is 17.7 Å². The summed E-state index contributed by atoms with van der Waals surface area (Å²) in [4.78, 5) is 29.7. The van der Waals surface area contributed by atoms with E-state index in [2.05, 4.69) is 26.2 Å². The Kier molecular flexibility index (Phi) is 4.52. The number of carbonyl (C=O) groups excluding carboxylic acids is 2. The highest BCUT2D eigenvalue weighted by atomic mass is 79.9. The number of rotatable bonds is 2. The molecule has 0 aromatic carbocycles. The van der Waals surface area contributed by atoms with Gasteiger partial charge in [0.25, 0.3) is 5.91 Å². The largest absolute Gasteiger partial charge is 0.359 e. The van der Waals surface area contributed by atoms with E-state index >= 15 is 0 Å². The highest BCUT2D eigenvalue weighted by Crippen LogP contribution is 2.18. The summed E-state index contributed by atoms with van der Waals surface area (Å²) in [6.07, 6.45) is 3.28. The van der Waals surface area contributed by atoms with Crippen LogP contribution in [0, 0.1) is 5.92 Å². The number of nitrogens with zero attached hydrogens (tertiary/aromatic N) is 2. The van der Waals surface area contributed by atoms with Gasteiger partial charge < -0.3 is 10.2 Å². The molecule has 5 nitrogen and oxygen atoms in total. The zero-order valence-electron chi connectivity index (χ0n) is 10.7. The predicted octanol–water partition coefficient (Wildman–Crippen LogP) is 1.44. The van der Waals surface area contributed by atoms with Crippen LogP contribution in [0.4, 0.5) is 0 Å². The fourth-order valence-electron chi connectivity index (χ4n) is 2.24. The van der Waals surface area contributed by atoms with E-state index in [0.717, 1.165) is 17.3 Å². The average Bonchev–Trinajstić information content (AvgIpc) is 2.46. The summed E-state index contributed by atoms with van der Waals surface area (Å²) in [6, 6.07) is 3.48. The minimum absolute atomic E-state index is 0.00117. The van der Waals surface area contributed by atoms with Gasteiger partial charge in [0.05, 0.1) is 5.92 Å². The van der Waals surface area contributed by atoms with Crippen molar-refractivity contribution in [2.24, 2.45) is 5.92 Å². The van der Waals surface area contributed by atoms with E-state index in [4.69, 9.17) is 0 Å². The molecule has 2 heterocycles. The van der Waals surface area contributed by atoms with Crippen LogP contribution in [0.15, 0.2) is 22.8 Å². The van der Waals surface area contributed by atoms with Crippen LogP contribution in [-0.4, -0.2) is 41.8 Å². The average molecular weight is 326 g/mol. The van der Waals surface area contributed by atoms with E-state index in [1.165, 1.54) is 0 Å². The number of nitrogens with one attached hydrogen (secondary N) is 1. The van der Waals surface area contributed by atoms with Crippen molar-refractivity contribution < 1.29 is 9.59 Å². The van der Waals surface area contributed by atoms with Crippen LogP contribution in [0.25, 0.3) is 0 Å². The first-order valence-electron chi connectivity index (χ1n) is 6.24. The van der Waals surface area contributed by atoms with Crippen LogP contribution < -0.4 is 5.32 Å². The fourth-order valence-corrected chi connectivity index (χ4v) is 2.48. The molecule has 19 heavy (non-hydrogen) atoms. The Bertz CT molecular complexity index is 475. The number of aromatic nitrogens is 1. The second kappa shape index (κ2) is 6.14. The lowest BCUT2D eigenvalue weighted by molar-refractivity contribution is -0.125. The van der Waals surface area contributed by atoms with Crippen molar-refractivity contribution in [1.29, 1.82) is 0 Å². The van der Waals surface area contributed by atoms with Crippen LogP contribution in [0.2, 0.25) is 0 Å². The molecule has 1 saturated heterocycles. The second-order valence-electron chi connectivity index (χ2n) is 4.57. The SMILES string of the molecule is CNC(=O)C1CCCN(C(=O)c2ccc(Br)cn2)C1. The summed E-state index contributed by atoms with van der Waals surface area (Å²) in [6.45, 7) is 1.15. The minimum Gasteiger partial charge on any atom is -0.359 e. The number of carbonyl (C=O) groups is 2. The van der Waals surface area contributed by atoms with Crippen LogP contribution in [-0.2, 0) is 4.79 Å². The van der Waals surface area contributed by atoms with Gasteiger partial charge in [0, 0.05) is 30.8 Å². The number of pyridine rings is 1. The molecular weight excluding hydrogens is 310 g/mol. The standard InChI is InChI=1S/C13H16BrN3O2/c1-15-12(18)9-3-2-6-17(8-9)13(19)11-5-4-10(14)7-16-11/h4-5,7,9H,2-3,6,8H2,1H3,(H,15,18). The van der Waals surface area contributed by atoms with Crippen molar-refractivity contribution in [2.75, 3.05) is 20.1 Å². The van der Waals surface area contributed by atoms with Gasteiger partial charge in [-0.2, -0.15) is 0 Å². The summed E-state index contributed by atoms with van der Waals surface area (Å²) >= 11 is 3.29. The maximum Gasteiger partial charge on any atom is 0.272 e. The van der Waals surface area contributed by atoms with E-state index in [0.29, 0.717) is 18.8 Å². The molecule has 1 unspecified atom stereocenters. The molecule has 2 amide bonds. The van der Waals surface area contributed by atoms with Gasteiger partial charge in [0.1, 0.15) is 5.69 Å². The molecule has 2 rings (SSSR count). The van der Waals surface area contributed by atoms with Crippen molar-refractivity contribution in [2.45, 2.75) is 12.8 Å². The lowest BCUT2D eigenvalue weighted by Gasteiger charge is -2.31. The Morgan fingerprint density at radius 3 is 2.89 bits per heavy atom. The molecule has 0 radical (unpaired) electrons. The van der Waals surface area contributed by atoms with Crippen molar-refractivity contribution in [1.82, 2.24) is 15.2 Å². The highest BCUT2D eigenvalue weighted by Gasteiger charge is 2.28. The maximum absolute atomic E-state index is 12.3. The smallest absolute Gasteiger partial charge is 0.272 e. The number of likely N-dealkylation sites (tertiary alicyclic amines) is 1. The second-order valence-corrected chi connectivity index (χ2v) is 5.48. The van der Waals surface area contributed by atoms with E-state index < -0.39 is 0 Å². The molecule has 1 aliphatic heterocycles. The van der Waals surface area contributed by atoms with Crippen molar-refractivity contribution in [3.63, 3.8) is 0 Å². The molecule has 1 N–H and O–H groups in total. The summed E-state index contributed by atoms with van der Waals surface area (Å²) in [5, 5.41) is 2.64. The molecule has 1 fully saturated rings. The summed E-state index contributed by atoms with van der Waals surface area (Å²) in [5.41, 5.74) is 0.417. The first-order chi connectivity index (χ1) is 9.11. The number of halogens is 1. The molecular formula is C13H16BrN3O2. The number of hydrogen-bond donors (Lipinski definition) is 1. The highest BCUT2D eigenvalue weighted by molar-refractivity contribution is 9.10. The van der Waals surface area contributed by atoms with Gasteiger partial charge in [0.15, 0.2) is 0 Å². The molecule has 102 valence electrons. The van der Waals surface area contributed by atoms with Crippen molar-refractivity contribution >= 4 is 27.7 Å². The first-order valence-corrected chi connectivity index (χ1v) is 7.03. The van der Waals surface area contributed by atoms with Gasteiger partial charge >= 0.3 is 0 Å². The van der Waals surface area contributed by atoms with Gasteiger partial charge in [-0.15, -0.1) is 0 Å². The molecule has 0 bridgehead atoms. The first kappa shape index (κ1) is 14.0. The monoisotopic (exact) mass is 325 g/mol. The van der Waals surface area contributed by atoms with Crippen molar-refractivity contribution in [3.8, 4) is 0 Å². The molecule has 1 aliphatic rings. The predicted molar refractivity (Wildman–Crippen MR) is 74.6 cm³/mol. The normalized spacial score (nSPS) is 19.1. The van der Waals surface area contributed by atoms with Gasteiger partial charge in [-0.3, -0.25) is 9.59 Å². The van der Waals surface area contributed by atoms with E-state index in [9.17, 15) is 9.59 Å². The Balaban J connectivity index is 2.06. The molecule has 0 aliphatic carbocycles. The third-order valence-electron chi connectivity index (χ3n) is 3.27. The van der Waals surface area contributed by atoms with E-state index in [1.54, 1.807) is 30.3 Å². The molecule has 0 spiro atoms. The van der Waals surface area contributed by atoms with Crippen LogP contribution in [0.1, 0.15) is 23.3 Å². The zero-order valence-corrected chi connectivity index (χ0v) is 12.3. The van der Waals surface area contributed by atoms with Crippen LogP contribution in [0.3, 0.4) is 0 Å². The molecule has 1 aromatic rings. The van der Waals surface area contributed by atoms with Crippen LogP contribution in [0.5, 0.6) is 0 Å². The van der Waals surface area contributed by atoms with E-state index in [1.807, 2.05) is 0 Å². The third-order valence-corrected chi connectivity index (χ3v) is 3.74. The Morgan fingerprint density at radius 2 is 2.26 bits per heavy atom. The van der Waals surface area contributed by atoms with Crippen LogP contribution >= 0.6 is 15.9 Å². The molecule has 1 aromatic heterocycles. The molecule has 1 atom stereocenters. The molecule has 0 saturated carbocycles. The Morgan fingerprint density at radius 1 is 1.47 bits per heavy atom. The Hall–Kier alpha value is -1.43. The lowest BCUT2D eigenvalue weighted by Crippen LogP contribution is -2.45. The van der Waals surface area contributed by atoms with Crippen molar-refractivity contribution in [3.05, 3.63) is 28.5 Å². The third kappa shape index (κ3) is 3.32. The summed E-state index contributed by atoms with van der Waals surface area (Å²) < 4.78 is 0.839. The van der Waals surface area contributed by atoms with Gasteiger partial charge in [0.2, 0.25) is 5.91 Å². The number of amides is 2. The lowest BCUT2D eigenvalue weighted by atomic mass is 9.97. The quantitative estimate of drug-likeness (QED) is 0.895. The maximum atomic E-state index is 12.3. The summed E-state index contributed by atoms with van der Waals surface area (Å²) in [7, 11) is 1.62. The number of hydrogen-bond acceptors (Lipinski definition) is 3. The van der Waals surface area contributed by atoms with Gasteiger partial charge in [-0.05, 0) is 40.9 Å². The molecule has 6 heteroatoms. The fraction of sp³-hybridized carbons (Fsp3) is 0.462. The summed E-state index contributed by atoms with van der Waals surface area (Å²) in [5.74, 6) is -0.222.